The van der Waals surface area contributed by atoms with Crippen LogP contribution in [0.1, 0.15) is 31.9 Å². The summed E-state index contributed by atoms with van der Waals surface area (Å²) in [5, 5.41) is 3.21. The van der Waals surface area contributed by atoms with Gasteiger partial charge in [0.2, 0.25) is 0 Å². The summed E-state index contributed by atoms with van der Waals surface area (Å²) in [4.78, 5) is 0. The van der Waals surface area contributed by atoms with Crippen LogP contribution in [-0.4, -0.2) is 18.1 Å². The second kappa shape index (κ2) is 8.12. The summed E-state index contributed by atoms with van der Waals surface area (Å²) in [5.74, 6) is 0.615. The third kappa shape index (κ3) is 4.21. The Morgan fingerprint density at radius 3 is 2.67 bits per heavy atom. The molecular formula is C13H18BrF2NS. The molecule has 0 heterocycles. The number of rotatable bonds is 7. The highest BCUT2D eigenvalue weighted by atomic mass is 79.9. The quantitative estimate of drug-likeness (QED) is 0.734. The molecule has 0 aliphatic rings. The third-order valence-electron chi connectivity index (χ3n) is 2.56. The highest BCUT2D eigenvalue weighted by Crippen LogP contribution is 2.28. The van der Waals surface area contributed by atoms with E-state index in [1.807, 2.05) is 13.8 Å². The van der Waals surface area contributed by atoms with Gasteiger partial charge in [0.1, 0.15) is 11.6 Å². The molecule has 0 aliphatic carbocycles. The number of halogens is 3. The minimum atomic E-state index is -0.500. The molecule has 1 N–H and O–H groups in total. The van der Waals surface area contributed by atoms with Crippen molar-refractivity contribution in [2.24, 2.45) is 0 Å². The van der Waals surface area contributed by atoms with E-state index in [9.17, 15) is 8.78 Å². The molecule has 0 bridgehead atoms. The minimum absolute atomic E-state index is 0.138. The zero-order valence-corrected chi connectivity index (χ0v) is 13.0. The topological polar surface area (TPSA) is 12.0 Å². The second-order valence-corrected chi connectivity index (χ2v) is 6.10. The summed E-state index contributed by atoms with van der Waals surface area (Å²) in [5.41, 5.74) is 0.138. The molecule has 0 saturated carbocycles. The van der Waals surface area contributed by atoms with Crippen molar-refractivity contribution in [3.8, 4) is 0 Å². The molecule has 0 radical (unpaired) electrons. The van der Waals surface area contributed by atoms with E-state index in [4.69, 9.17) is 0 Å². The standard InChI is InChI=1S/C13H18BrF2NS/c1-3-7-17-11(8-18-4-2)12-10(15)6-5-9(14)13(12)16/h5-6,11,17H,3-4,7-8H2,1-2H3. The molecule has 1 nitrogen and oxygen atoms in total. The fraction of sp³-hybridized carbons (Fsp3) is 0.538. The SMILES string of the molecule is CCCNC(CSCC)c1c(F)ccc(Br)c1F. The lowest BCUT2D eigenvalue weighted by Gasteiger charge is -2.20. The molecule has 1 rings (SSSR count). The number of nitrogens with one attached hydrogen (secondary N) is 1. The number of hydrogen-bond donors (Lipinski definition) is 1. The Kier molecular flexibility index (Phi) is 7.19. The molecular weight excluding hydrogens is 320 g/mol. The average Bonchev–Trinajstić information content (AvgIpc) is 2.36. The van der Waals surface area contributed by atoms with Gasteiger partial charge in [-0.2, -0.15) is 11.8 Å². The van der Waals surface area contributed by atoms with Gasteiger partial charge in [-0.1, -0.05) is 13.8 Å². The van der Waals surface area contributed by atoms with Crippen LogP contribution in [0.15, 0.2) is 16.6 Å². The van der Waals surface area contributed by atoms with Crippen LogP contribution in [0.2, 0.25) is 0 Å². The molecule has 1 aromatic carbocycles. The van der Waals surface area contributed by atoms with E-state index in [0.29, 0.717) is 10.2 Å². The second-order valence-electron chi connectivity index (χ2n) is 3.92. The maximum atomic E-state index is 14.0. The van der Waals surface area contributed by atoms with Crippen molar-refractivity contribution in [1.29, 1.82) is 0 Å². The summed E-state index contributed by atoms with van der Waals surface area (Å²) in [6, 6.07) is 2.42. The first kappa shape index (κ1) is 15.9. The van der Waals surface area contributed by atoms with E-state index in [-0.39, 0.29) is 11.6 Å². The maximum absolute atomic E-state index is 14.0. The molecule has 1 atom stereocenters. The molecule has 0 spiro atoms. The smallest absolute Gasteiger partial charge is 0.145 e. The molecule has 18 heavy (non-hydrogen) atoms. The molecule has 5 heteroatoms. The average molecular weight is 338 g/mol. The largest absolute Gasteiger partial charge is 0.309 e. The summed E-state index contributed by atoms with van der Waals surface area (Å²) in [6.45, 7) is 4.82. The van der Waals surface area contributed by atoms with Gasteiger partial charge in [0.15, 0.2) is 0 Å². The fourth-order valence-corrected chi connectivity index (χ4v) is 2.76. The lowest BCUT2D eigenvalue weighted by Crippen LogP contribution is -2.26. The van der Waals surface area contributed by atoms with Gasteiger partial charge < -0.3 is 5.32 Å². The first-order chi connectivity index (χ1) is 8.61. The number of hydrogen-bond acceptors (Lipinski definition) is 2. The van der Waals surface area contributed by atoms with Crippen LogP contribution < -0.4 is 5.32 Å². The molecule has 1 aromatic rings. The van der Waals surface area contributed by atoms with Crippen molar-refractivity contribution in [3.63, 3.8) is 0 Å². The van der Waals surface area contributed by atoms with Crippen molar-refractivity contribution in [2.45, 2.75) is 26.3 Å². The lowest BCUT2D eigenvalue weighted by molar-refractivity contribution is 0.489. The lowest BCUT2D eigenvalue weighted by atomic mass is 10.1. The fourth-order valence-electron chi connectivity index (χ4n) is 1.66. The molecule has 0 aromatic heterocycles. The number of benzene rings is 1. The molecule has 102 valence electrons. The van der Waals surface area contributed by atoms with Crippen LogP contribution in [0, 0.1) is 11.6 Å². The van der Waals surface area contributed by atoms with Gasteiger partial charge in [0.05, 0.1) is 4.47 Å². The van der Waals surface area contributed by atoms with Crippen molar-refractivity contribution < 1.29 is 8.78 Å². The minimum Gasteiger partial charge on any atom is -0.309 e. The first-order valence-electron chi connectivity index (χ1n) is 6.06. The first-order valence-corrected chi connectivity index (χ1v) is 8.01. The van der Waals surface area contributed by atoms with Gasteiger partial charge in [-0.3, -0.25) is 0 Å². The van der Waals surface area contributed by atoms with E-state index in [2.05, 4.69) is 21.2 Å². The van der Waals surface area contributed by atoms with E-state index in [1.54, 1.807) is 11.8 Å². The van der Waals surface area contributed by atoms with Crippen molar-refractivity contribution in [3.05, 3.63) is 33.8 Å². The van der Waals surface area contributed by atoms with Gasteiger partial charge in [-0.15, -0.1) is 0 Å². The Morgan fingerprint density at radius 2 is 2.06 bits per heavy atom. The van der Waals surface area contributed by atoms with E-state index in [0.717, 1.165) is 18.7 Å². The van der Waals surface area contributed by atoms with E-state index in [1.165, 1.54) is 12.1 Å². The predicted molar refractivity (Wildman–Crippen MR) is 78.1 cm³/mol. The molecule has 0 amide bonds. The summed E-state index contributed by atoms with van der Waals surface area (Å²) in [7, 11) is 0. The number of thioether (sulfide) groups is 1. The highest BCUT2D eigenvalue weighted by Gasteiger charge is 2.21. The van der Waals surface area contributed by atoms with E-state index >= 15 is 0 Å². The third-order valence-corrected chi connectivity index (χ3v) is 4.15. The van der Waals surface area contributed by atoms with Gasteiger partial charge >= 0.3 is 0 Å². The van der Waals surface area contributed by atoms with Crippen LogP contribution in [0.3, 0.4) is 0 Å². The molecule has 0 saturated heterocycles. The summed E-state index contributed by atoms with van der Waals surface area (Å²) >= 11 is 4.78. The zero-order chi connectivity index (χ0) is 13.5. The van der Waals surface area contributed by atoms with Gasteiger partial charge in [-0.25, -0.2) is 8.78 Å². The van der Waals surface area contributed by atoms with Crippen molar-refractivity contribution in [1.82, 2.24) is 5.32 Å². The monoisotopic (exact) mass is 337 g/mol. The zero-order valence-electron chi connectivity index (χ0n) is 10.6. The van der Waals surface area contributed by atoms with Crippen molar-refractivity contribution in [2.75, 3.05) is 18.1 Å². The van der Waals surface area contributed by atoms with Crippen LogP contribution in [0.25, 0.3) is 0 Å². The van der Waals surface area contributed by atoms with E-state index < -0.39 is 11.6 Å². The Bertz CT molecular complexity index is 379. The van der Waals surface area contributed by atoms with Crippen LogP contribution >= 0.6 is 27.7 Å². The van der Waals surface area contributed by atoms with Gasteiger partial charge in [-0.05, 0) is 46.8 Å². The van der Waals surface area contributed by atoms with Gasteiger partial charge in [0, 0.05) is 17.4 Å². The Labute approximate surface area is 120 Å². The van der Waals surface area contributed by atoms with Crippen LogP contribution in [0.4, 0.5) is 8.78 Å². The Balaban J connectivity index is 2.99. The van der Waals surface area contributed by atoms with Crippen LogP contribution in [0.5, 0.6) is 0 Å². The molecule has 0 aliphatic heterocycles. The Morgan fingerprint density at radius 1 is 1.33 bits per heavy atom. The summed E-state index contributed by atoms with van der Waals surface area (Å²) < 4.78 is 28.2. The molecule has 1 unspecified atom stereocenters. The van der Waals surface area contributed by atoms with Crippen LogP contribution in [-0.2, 0) is 0 Å². The summed E-state index contributed by atoms with van der Waals surface area (Å²) in [6.07, 6.45) is 0.935. The highest BCUT2D eigenvalue weighted by molar-refractivity contribution is 9.10. The van der Waals surface area contributed by atoms with Gasteiger partial charge in [0.25, 0.3) is 0 Å². The van der Waals surface area contributed by atoms with Crippen molar-refractivity contribution >= 4 is 27.7 Å². The maximum Gasteiger partial charge on any atom is 0.145 e. The molecule has 0 fully saturated rings. The predicted octanol–water partition coefficient (Wildman–Crippen LogP) is 4.52. The normalized spacial score (nSPS) is 12.7. The Hall–Kier alpha value is -0.130.